The molecule has 2 heteroatoms. The average Bonchev–Trinajstić information content (AvgIpc) is 2.04. The largest absolute Gasteiger partial charge is 0.374 e. The maximum atomic E-state index is 5.73. The van der Waals surface area contributed by atoms with Crippen molar-refractivity contribution in [3.63, 3.8) is 0 Å². The number of nitrogens with one attached hydrogen (secondary N) is 1. The van der Waals surface area contributed by atoms with E-state index in [4.69, 9.17) is 4.74 Å². The van der Waals surface area contributed by atoms with Crippen molar-refractivity contribution in [3.05, 3.63) is 0 Å². The third-order valence-electron chi connectivity index (χ3n) is 2.38. The van der Waals surface area contributed by atoms with E-state index in [1.807, 2.05) is 0 Å². The van der Waals surface area contributed by atoms with E-state index in [0.29, 0.717) is 6.04 Å². The summed E-state index contributed by atoms with van der Waals surface area (Å²) in [6, 6.07) is 0.474. The molecule has 13 heavy (non-hydrogen) atoms. The van der Waals surface area contributed by atoms with Crippen molar-refractivity contribution >= 4 is 0 Å². The molecule has 0 aliphatic heterocycles. The fourth-order valence-corrected chi connectivity index (χ4v) is 1.70. The van der Waals surface area contributed by atoms with E-state index in [1.165, 1.54) is 12.8 Å². The van der Waals surface area contributed by atoms with Crippen LogP contribution in [0.2, 0.25) is 0 Å². The molecule has 0 fully saturated rings. The molecular formula is C11H25NO. The van der Waals surface area contributed by atoms with Gasteiger partial charge in [-0.3, -0.25) is 0 Å². The van der Waals surface area contributed by atoms with Gasteiger partial charge in [0.2, 0.25) is 0 Å². The van der Waals surface area contributed by atoms with Crippen molar-refractivity contribution in [2.45, 2.75) is 59.1 Å². The first-order valence-corrected chi connectivity index (χ1v) is 5.45. The summed E-state index contributed by atoms with van der Waals surface area (Å²) >= 11 is 0. The van der Waals surface area contributed by atoms with E-state index in [0.717, 1.165) is 13.2 Å². The van der Waals surface area contributed by atoms with Crippen LogP contribution in [0.3, 0.4) is 0 Å². The predicted molar refractivity (Wildman–Crippen MR) is 58.1 cm³/mol. The molecule has 1 unspecified atom stereocenters. The Bertz CT molecular complexity index is 117. The van der Waals surface area contributed by atoms with Crippen LogP contribution < -0.4 is 5.32 Å². The summed E-state index contributed by atoms with van der Waals surface area (Å²) in [5, 5.41) is 3.48. The first-order chi connectivity index (χ1) is 6.08. The number of ether oxygens (including phenoxy) is 1. The Morgan fingerprint density at radius 1 is 1.23 bits per heavy atom. The maximum Gasteiger partial charge on any atom is 0.0778 e. The second-order valence-electron chi connectivity index (χ2n) is 3.94. The Morgan fingerprint density at radius 2 is 1.85 bits per heavy atom. The van der Waals surface area contributed by atoms with Crippen LogP contribution in [0.15, 0.2) is 0 Å². The third kappa shape index (κ3) is 4.63. The summed E-state index contributed by atoms with van der Waals surface area (Å²) in [5.41, 5.74) is -0.0409. The molecule has 0 aromatic heterocycles. The predicted octanol–water partition coefficient (Wildman–Crippen LogP) is 2.58. The lowest BCUT2D eigenvalue weighted by Gasteiger charge is -2.34. The SMILES string of the molecule is CCCC(NCC)C(C)(C)OCC. The highest BCUT2D eigenvalue weighted by molar-refractivity contribution is 4.84. The molecule has 80 valence electrons. The Morgan fingerprint density at radius 3 is 2.23 bits per heavy atom. The zero-order valence-electron chi connectivity index (χ0n) is 9.81. The van der Waals surface area contributed by atoms with E-state index < -0.39 is 0 Å². The van der Waals surface area contributed by atoms with Gasteiger partial charge in [0.05, 0.1) is 5.60 Å². The van der Waals surface area contributed by atoms with Crippen LogP contribution in [-0.4, -0.2) is 24.8 Å². The fourth-order valence-electron chi connectivity index (χ4n) is 1.70. The maximum absolute atomic E-state index is 5.73. The molecule has 2 nitrogen and oxygen atoms in total. The average molecular weight is 187 g/mol. The molecule has 0 saturated heterocycles. The first kappa shape index (κ1) is 12.9. The minimum atomic E-state index is -0.0409. The molecule has 0 aromatic rings. The molecular weight excluding hydrogens is 162 g/mol. The van der Waals surface area contributed by atoms with Gasteiger partial charge in [-0.05, 0) is 33.7 Å². The second-order valence-corrected chi connectivity index (χ2v) is 3.94. The Labute approximate surface area is 83.1 Å². The molecule has 0 bridgehead atoms. The zero-order valence-corrected chi connectivity index (χ0v) is 9.81. The lowest BCUT2D eigenvalue weighted by atomic mass is 9.94. The first-order valence-electron chi connectivity index (χ1n) is 5.45. The van der Waals surface area contributed by atoms with Crippen molar-refractivity contribution in [1.29, 1.82) is 0 Å². The molecule has 1 atom stereocenters. The van der Waals surface area contributed by atoms with E-state index in [1.54, 1.807) is 0 Å². The fraction of sp³-hybridized carbons (Fsp3) is 1.00. The summed E-state index contributed by atoms with van der Waals surface area (Å²) in [6.07, 6.45) is 2.38. The van der Waals surface area contributed by atoms with Crippen LogP contribution in [0.4, 0.5) is 0 Å². The Kier molecular flexibility index (Phi) is 6.35. The van der Waals surface area contributed by atoms with Gasteiger partial charge in [-0.15, -0.1) is 0 Å². The summed E-state index contributed by atoms with van der Waals surface area (Å²) in [6.45, 7) is 12.5. The van der Waals surface area contributed by atoms with Gasteiger partial charge in [0.1, 0.15) is 0 Å². The summed E-state index contributed by atoms with van der Waals surface area (Å²) in [5.74, 6) is 0. The molecule has 0 rings (SSSR count). The van der Waals surface area contributed by atoms with Gasteiger partial charge in [-0.2, -0.15) is 0 Å². The van der Waals surface area contributed by atoms with Crippen molar-refractivity contribution in [2.24, 2.45) is 0 Å². The van der Waals surface area contributed by atoms with Crippen molar-refractivity contribution in [1.82, 2.24) is 5.32 Å². The summed E-state index contributed by atoms with van der Waals surface area (Å²) < 4.78 is 5.73. The minimum Gasteiger partial charge on any atom is -0.374 e. The summed E-state index contributed by atoms with van der Waals surface area (Å²) in [7, 11) is 0. The molecule has 1 N–H and O–H groups in total. The van der Waals surface area contributed by atoms with Gasteiger partial charge in [-0.25, -0.2) is 0 Å². The highest BCUT2D eigenvalue weighted by Crippen LogP contribution is 2.18. The monoisotopic (exact) mass is 187 g/mol. The van der Waals surface area contributed by atoms with E-state index >= 15 is 0 Å². The topological polar surface area (TPSA) is 21.3 Å². The van der Waals surface area contributed by atoms with Crippen LogP contribution in [0.5, 0.6) is 0 Å². The Hall–Kier alpha value is -0.0800. The van der Waals surface area contributed by atoms with Gasteiger partial charge < -0.3 is 10.1 Å². The van der Waals surface area contributed by atoms with Gasteiger partial charge in [0.25, 0.3) is 0 Å². The third-order valence-corrected chi connectivity index (χ3v) is 2.38. The normalized spacial score (nSPS) is 14.5. The van der Waals surface area contributed by atoms with Gasteiger partial charge in [-0.1, -0.05) is 20.3 Å². The number of hydrogen-bond donors (Lipinski definition) is 1. The Balaban J connectivity index is 4.13. The molecule has 0 amide bonds. The van der Waals surface area contributed by atoms with Gasteiger partial charge in [0, 0.05) is 12.6 Å². The zero-order chi connectivity index (χ0) is 10.3. The minimum absolute atomic E-state index is 0.0409. The smallest absolute Gasteiger partial charge is 0.0778 e. The standard InChI is InChI=1S/C11H25NO/c1-6-9-10(12-7-2)11(4,5)13-8-3/h10,12H,6-9H2,1-5H3. The molecule has 0 heterocycles. The lowest BCUT2D eigenvalue weighted by Crippen LogP contribution is -2.48. The highest BCUT2D eigenvalue weighted by atomic mass is 16.5. The molecule has 0 aliphatic carbocycles. The number of likely N-dealkylation sites (N-methyl/N-ethyl adjacent to an activating group) is 1. The van der Waals surface area contributed by atoms with Crippen molar-refractivity contribution in [2.75, 3.05) is 13.2 Å². The van der Waals surface area contributed by atoms with Crippen molar-refractivity contribution in [3.8, 4) is 0 Å². The molecule has 0 aromatic carbocycles. The van der Waals surface area contributed by atoms with Crippen LogP contribution in [0, 0.1) is 0 Å². The molecule has 0 radical (unpaired) electrons. The van der Waals surface area contributed by atoms with Crippen LogP contribution in [0.25, 0.3) is 0 Å². The number of hydrogen-bond acceptors (Lipinski definition) is 2. The van der Waals surface area contributed by atoms with Crippen molar-refractivity contribution < 1.29 is 4.74 Å². The highest BCUT2D eigenvalue weighted by Gasteiger charge is 2.28. The lowest BCUT2D eigenvalue weighted by molar-refractivity contribution is -0.0398. The van der Waals surface area contributed by atoms with Gasteiger partial charge >= 0.3 is 0 Å². The molecule has 0 aliphatic rings. The number of rotatable bonds is 7. The summed E-state index contributed by atoms with van der Waals surface area (Å²) in [4.78, 5) is 0. The van der Waals surface area contributed by atoms with Crippen LogP contribution >= 0.6 is 0 Å². The van der Waals surface area contributed by atoms with Crippen LogP contribution in [0.1, 0.15) is 47.5 Å². The quantitative estimate of drug-likeness (QED) is 0.661. The van der Waals surface area contributed by atoms with E-state index in [2.05, 4.69) is 39.9 Å². The van der Waals surface area contributed by atoms with Gasteiger partial charge in [0.15, 0.2) is 0 Å². The molecule has 0 spiro atoms. The second kappa shape index (κ2) is 6.39. The van der Waals surface area contributed by atoms with E-state index in [9.17, 15) is 0 Å². The molecule has 0 saturated carbocycles. The van der Waals surface area contributed by atoms with Crippen LogP contribution in [-0.2, 0) is 4.74 Å². The van der Waals surface area contributed by atoms with E-state index in [-0.39, 0.29) is 5.60 Å².